The fraction of sp³-hybridized carbons (Fsp3) is 0.500. The predicted molar refractivity (Wildman–Crippen MR) is 62.6 cm³/mol. The quantitative estimate of drug-likeness (QED) is 0.734. The number of ether oxygens (including phenoxy) is 2. The summed E-state index contributed by atoms with van der Waals surface area (Å²) in [4.78, 5) is 15.2. The number of carboxylic acid groups (broad SMARTS) is 1. The van der Waals surface area contributed by atoms with Crippen LogP contribution in [0.5, 0.6) is 5.88 Å². The second-order valence-corrected chi connectivity index (χ2v) is 3.58. The molecule has 0 spiro atoms. The van der Waals surface area contributed by atoms with E-state index in [1.165, 1.54) is 6.07 Å². The Bertz CT molecular complexity index is 379. The van der Waals surface area contributed by atoms with Crippen LogP contribution in [0.1, 0.15) is 29.4 Å². The summed E-state index contributed by atoms with van der Waals surface area (Å²) < 4.78 is 10.2. The van der Waals surface area contributed by atoms with Crippen LogP contribution in [-0.2, 0) is 11.2 Å². The lowest BCUT2D eigenvalue weighted by Crippen LogP contribution is -2.08. The van der Waals surface area contributed by atoms with Crippen LogP contribution in [0.15, 0.2) is 12.1 Å². The third kappa shape index (κ3) is 4.40. The van der Waals surface area contributed by atoms with Gasteiger partial charge in [-0.05, 0) is 12.5 Å². The van der Waals surface area contributed by atoms with Gasteiger partial charge in [0.15, 0.2) is 0 Å². The number of rotatable bonds is 7. The molecule has 0 atom stereocenters. The topological polar surface area (TPSA) is 68.7 Å². The molecule has 0 bridgehead atoms. The molecule has 0 fully saturated rings. The minimum atomic E-state index is -0.971. The van der Waals surface area contributed by atoms with Gasteiger partial charge >= 0.3 is 5.97 Å². The Morgan fingerprint density at radius 1 is 1.41 bits per heavy atom. The Labute approximate surface area is 100 Å². The molecule has 0 radical (unpaired) electrons. The molecule has 0 unspecified atom stereocenters. The van der Waals surface area contributed by atoms with E-state index in [0.29, 0.717) is 19.1 Å². The average Bonchev–Trinajstić information content (AvgIpc) is 2.29. The Balaban J connectivity index is 2.83. The molecule has 1 aromatic rings. The molecule has 17 heavy (non-hydrogen) atoms. The highest BCUT2D eigenvalue weighted by Crippen LogP contribution is 2.14. The smallest absolute Gasteiger partial charge is 0.335 e. The van der Waals surface area contributed by atoms with Gasteiger partial charge in [0.25, 0.3) is 0 Å². The lowest BCUT2D eigenvalue weighted by atomic mass is 10.1. The molecule has 0 aliphatic heterocycles. The second-order valence-electron chi connectivity index (χ2n) is 3.58. The second kappa shape index (κ2) is 6.85. The molecule has 0 aliphatic rings. The Kier molecular flexibility index (Phi) is 5.42. The van der Waals surface area contributed by atoms with E-state index >= 15 is 0 Å². The van der Waals surface area contributed by atoms with E-state index in [4.69, 9.17) is 14.6 Å². The van der Waals surface area contributed by atoms with Gasteiger partial charge in [-0.1, -0.05) is 13.3 Å². The molecule has 5 heteroatoms. The van der Waals surface area contributed by atoms with Crippen LogP contribution in [0, 0.1) is 0 Å². The summed E-state index contributed by atoms with van der Waals surface area (Å²) in [5.41, 5.74) is 0.940. The number of carbonyl (C=O) groups is 1. The van der Waals surface area contributed by atoms with Gasteiger partial charge in [-0.3, -0.25) is 0 Å². The van der Waals surface area contributed by atoms with Crippen molar-refractivity contribution in [3.63, 3.8) is 0 Å². The maximum Gasteiger partial charge on any atom is 0.335 e. The van der Waals surface area contributed by atoms with Crippen LogP contribution < -0.4 is 4.74 Å². The maximum atomic E-state index is 10.9. The number of hydrogen-bond acceptors (Lipinski definition) is 4. The zero-order chi connectivity index (χ0) is 12.7. The van der Waals surface area contributed by atoms with E-state index in [1.807, 2.05) is 6.92 Å². The lowest BCUT2D eigenvalue weighted by molar-refractivity contribution is 0.0695. The van der Waals surface area contributed by atoms with Crippen LogP contribution in [0.2, 0.25) is 0 Å². The Morgan fingerprint density at radius 2 is 2.18 bits per heavy atom. The molecule has 0 aromatic carbocycles. The van der Waals surface area contributed by atoms with Gasteiger partial charge in [0, 0.05) is 18.9 Å². The third-order valence-corrected chi connectivity index (χ3v) is 2.15. The first kappa shape index (κ1) is 13.4. The highest BCUT2D eigenvalue weighted by molar-refractivity contribution is 5.88. The van der Waals surface area contributed by atoms with E-state index in [2.05, 4.69) is 4.98 Å². The molecule has 0 aliphatic carbocycles. The minimum absolute atomic E-state index is 0.205. The monoisotopic (exact) mass is 239 g/mol. The van der Waals surface area contributed by atoms with Crippen LogP contribution in [-0.4, -0.2) is 36.4 Å². The highest BCUT2D eigenvalue weighted by Gasteiger charge is 2.08. The van der Waals surface area contributed by atoms with Gasteiger partial charge in [-0.2, -0.15) is 0 Å². The van der Waals surface area contributed by atoms with Crippen molar-refractivity contribution < 1.29 is 19.4 Å². The summed E-state index contributed by atoms with van der Waals surface area (Å²) >= 11 is 0. The van der Waals surface area contributed by atoms with Crippen molar-refractivity contribution in [1.82, 2.24) is 4.98 Å². The van der Waals surface area contributed by atoms with E-state index < -0.39 is 5.97 Å². The van der Waals surface area contributed by atoms with Crippen molar-refractivity contribution in [2.45, 2.75) is 19.8 Å². The van der Waals surface area contributed by atoms with Crippen LogP contribution in [0.3, 0.4) is 0 Å². The average molecular weight is 239 g/mol. The number of hydrogen-bond donors (Lipinski definition) is 1. The van der Waals surface area contributed by atoms with E-state index in [1.54, 1.807) is 13.2 Å². The van der Waals surface area contributed by atoms with Crippen molar-refractivity contribution in [3.8, 4) is 5.88 Å². The zero-order valence-electron chi connectivity index (χ0n) is 10.1. The van der Waals surface area contributed by atoms with Gasteiger partial charge in [-0.15, -0.1) is 0 Å². The molecule has 1 aromatic heterocycles. The summed E-state index contributed by atoms with van der Waals surface area (Å²) in [5, 5.41) is 8.97. The van der Waals surface area contributed by atoms with Gasteiger partial charge in [-0.25, -0.2) is 9.78 Å². The van der Waals surface area contributed by atoms with E-state index in [-0.39, 0.29) is 5.56 Å². The van der Waals surface area contributed by atoms with Crippen molar-refractivity contribution in [1.29, 1.82) is 0 Å². The largest absolute Gasteiger partial charge is 0.478 e. The number of pyridine rings is 1. The van der Waals surface area contributed by atoms with Gasteiger partial charge in [0.05, 0.1) is 12.2 Å². The van der Waals surface area contributed by atoms with Crippen LogP contribution >= 0.6 is 0 Å². The molecule has 0 saturated carbocycles. The number of aromatic carboxylic acids is 1. The predicted octanol–water partition coefficient (Wildman–Crippen LogP) is 1.76. The first-order chi connectivity index (χ1) is 8.17. The molecular formula is C12H17NO4. The standard InChI is InChI=1S/C12H17NO4/c1-3-4-10-7-9(12(14)15)8-11(13-10)17-6-5-16-2/h7-8H,3-6H2,1-2H3,(H,14,15). The van der Waals surface area contributed by atoms with Crippen molar-refractivity contribution >= 4 is 5.97 Å². The van der Waals surface area contributed by atoms with E-state index in [9.17, 15) is 4.79 Å². The van der Waals surface area contributed by atoms with Crippen LogP contribution in [0.25, 0.3) is 0 Å². The molecule has 94 valence electrons. The van der Waals surface area contributed by atoms with Crippen molar-refractivity contribution in [2.75, 3.05) is 20.3 Å². The Morgan fingerprint density at radius 3 is 2.76 bits per heavy atom. The van der Waals surface area contributed by atoms with Crippen molar-refractivity contribution in [2.24, 2.45) is 0 Å². The summed E-state index contributed by atoms with van der Waals surface area (Å²) in [6.45, 7) is 2.82. The number of aromatic nitrogens is 1. The first-order valence-corrected chi connectivity index (χ1v) is 5.53. The number of aryl methyl sites for hydroxylation is 1. The van der Waals surface area contributed by atoms with E-state index in [0.717, 1.165) is 18.5 Å². The zero-order valence-corrected chi connectivity index (χ0v) is 10.1. The molecule has 5 nitrogen and oxygen atoms in total. The molecule has 0 saturated heterocycles. The minimum Gasteiger partial charge on any atom is -0.478 e. The van der Waals surface area contributed by atoms with Crippen LogP contribution in [0.4, 0.5) is 0 Å². The summed E-state index contributed by atoms with van der Waals surface area (Å²) in [7, 11) is 1.58. The molecule has 1 N–H and O–H groups in total. The fourth-order valence-corrected chi connectivity index (χ4v) is 1.37. The summed E-state index contributed by atoms with van der Waals surface area (Å²) in [6.07, 6.45) is 1.65. The van der Waals surface area contributed by atoms with Gasteiger partial charge in [0.1, 0.15) is 6.61 Å². The molecule has 1 heterocycles. The number of nitrogens with zero attached hydrogens (tertiary/aromatic N) is 1. The Hall–Kier alpha value is -1.62. The summed E-state index contributed by atoms with van der Waals surface area (Å²) in [5.74, 6) is -0.633. The fourth-order valence-electron chi connectivity index (χ4n) is 1.37. The third-order valence-electron chi connectivity index (χ3n) is 2.15. The SMILES string of the molecule is CCCc1cc(C(=O)O)cc(OCCOC)n1. The lowest BCUT2D eigenvalue weighted by Gasteiger charge is -2.07. The molecular weight excluding hydrogens is 222 g/mol. The number of carboxylic acids is 1. The van der Waals surface area contributed by atoms with Gasteiger partial charge < -0.3 is 14.6 Å². The molecule has 0 amide bonds. The molecule has 1 rings (SSSR count). The summed E-state index contributed by atoms with van der Waals surface area (Å²) in [6, 6.07) is 3.01. The maximum absolute atomic E-state index is 10.9. The number of methoxy groups -OCH3 is 1. The first-order valence-electron chi connectivity index (χ1n) is 5.53. The van der Waals surface area contributed by atoms with Crippen molar-refractivity contribution in [3.05, 3.63) is 23.4 Å². The van der Waals surface area contributed by atoms with Gasteiger partial charge in [0.2, 0.25) is 5.88 Å². The highest BCUT2D eigenvalue weighted by atomic mass is 16.5. The normalized spacial score (nSPS) is 10.2.